The number of nitrogens with zero attached hydrogens (tertiary/aromatic N) is 2. The molecular weight excluding hydrogens is 400 g/mol. The molecule has 1 atom stereocenters. The molecule has 0 saturated carbocycles. The minimum absolute atomic E-state index is 0.0629. The van der Waals surface area contributed by atoms with E-state index in [-0.39, 0.29) is 11.8 Å². The van der Waals surface area contributed by atoms with E-state index in [0.29, 0.717) is 25.4 Å². The predicted octanol–water partition coefficient (Wildman–Crippen LogP) is 5.87. The molecule has 4 aromatic rings. The zero-order valence-corrected chi connectivity index (χ0v) is 18.7. The van der Waals surface area contributed by atoms with Crippen LogP contribution in [0.25, 0.3) is 11.1 Å². The van der Waals surface area contributed by atoms with Gasteiger partial charge in [0.05, 0.1) is 19.6 Å². The summed E-state index contributed by atoms with van der Waals surface area (Å²) in [5.41, 5.74) is 4.71. The summed E-state index contributed by atoms with van der Waals surface area (Å²) in [6, 6.07) is 23.7. The third-order valence-electron chi connectivity index (χ3n) is 5.67. The molecule has 1 heterocycles. The molecule has 1 amide bonds. The molecule has 0 saturated heterocycles. The largest absolute Gasteiger partial charge is 0.497 e. The van der Waals surface area contributed by atoms with Gasteiger partial charge in [-0.05, 0) is 54.3 Å². The fourth-order valence-electron chi connectivity index (χ4n) is 3.94. The van der Waals surface area contributed by atoms with Crippen molar-refractivity contribution >= 4 is 17.0 Å². The zero-order chi connectivity index (χ0) is 22.5. The third-order valence-corrected chi connectivity index (χ3v) is 5.67. The lowest BCUT2D eigenvalue weighted by atomic mass is 9.94. The number of oxazole rings is 1. The van der Waals surface area contributed by atoms with Crippen molar-refractivity contribution in [1.82, 2.24) is 9.88 Å². The van der Waals surface area contributed by atoms with Crippen LogP contribution >= 0.6 is 0 Å². The summed E-state index contributed by atoms with van der Waals surface area (Å²) in [5.74, 6) is 1.17. The van der Waals surface area contributed by atoms with Crippen molar-refractivity contribution in [3.05, 3.63) is 95.4 Å². The highest BCUT2D eigenvalue weighted by atomic mass is 16.5. The van der Waals surface area contributed by atoms with Crippen molar-refractivity contribution in [1.29, 1.82) is 0 Å². The lowest BCUT2D eigenvalue weighted by Gasteiger charge is -2.26. The van der Waals surface area contributed by atoms with Gasteiger partial charge in [-0.15, -0.1) is 0 Å². The quantitative estimate of drug-likeness (QED) is 0.352. The molecule has 0 radical (unpaired) electrons. The number of benzene rings is 3. The second kappa shape index (κ2) is 9.69. The van der Waals surface area contributed by atoms with Gasteiger partial charge in [0.1, 0.15) is 11.3 Å². The van der Waals surface area contributed by atoms with Crippen LogP contribution in [0.4, 0.5) is 0 Å². The van der Waals surface area contributed by atoms with Gasteiger partial charge in [-0.2, -0.15) is 0 Å². The molecule has 4 rings (SSSR count). The SMILES string of the molecule is CC[C@@H](C(=O)N(Cc1ccc(OC)cc1)Cc1nc2cc(C)ccc2o1)c1ccccc1. The number of rotatable bonds is 8. The molecule has 5 heteroatoms. The predicted molar refractivity (Wildman–Crippen MR) is 125 cm³/mol. The van der Waals surface area contributed by atoms with E-state index in [0.717, 1.165) is 33.5 Å². The summed E-state index contributed by atoms with van der Waals surface area (Å²) in [7, 11) is 1.64. The topological polar surface area (TPSA) is 55.6 Å². The number of amides is 1. The first-order chi connectivity index (χ1) is 15.6. The Bertz CT molecular complexity index is 1180. The number of carbonyl (C=O) groups is 1. The van der Waals surface area contributed by atoms with E-state index in [1.165, 1.54) is 0 Å². The maximum absolute atomic E-state index is 13.7. The Morgan fingerprint density at radius 1 is 1.03 bits per heavy atom. The number of ether oxygens (including phenoxy) is 1. The van der Waals surface area contributed by atoms with Crippen LogP contribution in [0.5, 0.6) is 5.75 Å². The molecule has 0 aliphatic heterocycles. The Hall–Kier alpha value is -3.60. The van der Waals surface area contributed by atoms with Crippen molar-refractivity contribution in [3.8, 4) is 5.75 Å². The number of hydrogen-bond donors (Lipinski definition) is 0. The lowest BCUT2D eigenvalue weighted by Crippen LogP contribution is -2.34. The maximum atomic E-state index is 13.7. The molecule has 5 nitrogen and oxygen atoms in total. The second-order valence-electron chi connectivity index (χ2n) is 7.99. The Balaban J connectivity index is 1.64. The molecule has 32 heavy (non-hydrogen) atoms. The summed E-state index contributed by atoms with van der Waals surface area (Å²) in [6.45, 7) is 4.84. The number of fused-ring (bicyclic) bond motifs is 1. The van der Waals surface area contributed by atoms with E-state index in [4.69, 9.17) is 9.15 Å². The van der Waals surface area contributed by atoms with E-state index >= 15 is 0 Å². The molecule has 0 spiro atoms. The summed E-state index contributed by atoms with van der Waals surface area (Å²) in [6.07, 6.45) is 0.717. The van der Waals surface area contributed by atoms with Crippen molar-refractivity contribution in [3.63, 3.8) is 0 Å². The van der Waals surface area contributed by atoms with Crippen molar-refractivity contribution in [2.75, 3.05) is 7.11 Å². The first-order valence-corrected chi connectivity index (χ1v) is 10.9. The third kappa shape index (κ3) is 4.83. The van der Waals surface area contributed by atoms with Gasteiger partial charge in [0.2, 0.25) is 11.8 Å². The lowest BCUT2D eigenvalue weighted by molar-refractivity contribution is -0.134. The van der Waals surface area contributed by atoms with Crippen LogP contribution in [0.2, 0.25) is 0 Å². The molecular formula is C27H28N2O3. The highest BCUT2D eigenvalue weighted by molar-refractivity contribution is 5.83. The van der Waals surface area contributed by atoms with Gasteiger partial charge in [0.15, 0.2) is 5.58 Å². The van der Waals surface area contributed by atoms with Gasteiger partial charge in [0.25, 0.3) is 0 Å². The van der Waals surface area contributed by atoms with Crippen LogP contribution < -0.4 is 4.74 Å². The van der Waals surface area contributed by atoms with Gasteiger partial charge in [-0.1, -0.05) is 55.5 Å². The smallest absolute Gasteiger partial charge is 0.230 e. The summed E-state index contributed by atoms with van der Waals surface area (Å²) in [4.78, 5) is 20.2. The first kappa shape index (κ1) is 21.6. The summed E-state index contributed by atoms with van der Waals surface area (Å²) in [5, 5.41) is 0. The number of hydrogen-bond acceptors (Lipinski definition) is 4. The van der Waals surface area contributed by atoms with Gasteiger partial charge in [0, 0.05) is 6.54 Å². The number of carbonyl (C=O) groups excluding carboxylic acids is 1. The average molecular weight is 429 g/mol. The Morgan fingerprint density at radius 2 is 1.78 bits per heavy atom. The second-order valence-corrected chi connectivity index (χ2v) is 7.99. The first-order valence-electron chi connectivity index (χ1n) is 10.9. The maximum Gasteiger partial charge on any atom is 0.230 e. The van der Waals surface area contributed by atoms with Gasteiger partial charge in [-0.25, -0.2) is 4.98 Å². The van der Waals surface area contributed by atoms with E-state index < -0.39 is 0 Å². The van der Waals surface area contributed by atoms with E-state index in [1.54, 1.807) is 7.11 Å². The Morgan fingerprint density at radius 3 is 2.47 bits per heavy atom. The van der Waals surface area contributed by atoms with Crippen LogP contribution in [0.1, 0.15) is 41.8 Å². The average Bonchev–Trinajstić information content (AvgIpc) is 3.21. The highest BCUT2D eigenvalue weighted by Gasteiger charge is 2.26. The standard InChI is InChI=1S/C27H28N2O3/c1-4-23(21-8-6-5-7-9-21)27(30)29(17-20-11-13-22(31-3)14-12-20)18-26-28-24-16-19(2)10-15-25(24)32-26/h5-16,23H,4,17-18H2,1-3H3/t23-/m1/s1. The molecule has 0 aliphatic carbocycles. The van der Waals surface area contributed by atoms with Gasteiger partial charge in [-0.3, -0.25) is 4.79 Å². The Labute approximate surface area is 188 Å². The van der Waals surface area contributed by atoms with Crippen LogP contribution in [0.3, 0.4) is 0 Å². The molecule has 0 bridgehead atoms. The summed E-state index contributed by atoms with van der Waals surface area (Å²) < 4.78 is 11.2. The zero-order valence-electron chi connectivity index (χ0n) is 18.7. The van der Waals surface area contributed by atoms with Crippen molar-refractivity contribution in [2.45, 2.75) is 39.3 Å². The van der Waals surface area contributed by atoms with Crippen LogP contribution in [0, 0.1) is 6.92 Å². The molecule has 0 unspecified atom stereocenters. The van der Waals surface area contributed by atoms with Crippen LogP contribution in [-0.4, -0.2) is 22.9 Å². The fourth-order valence-corrected chi connectivity index (χ4v) is 3.94. The molecule has 164 valence electrons. The van der Waals surface area contributed by atoms with Crippen molar-refractivity contribution in [2.24, 2.45) is 0 Å². The highest BCUT2D eigenvalue weighted by Crippen LogP contribution is 2.26. The molecule has 3 aromatic carbocycles. The molecule has 0 fully saturated rings. The minimum atomic E-state index is -0.221. The van der Waals surface area contributed by atoms with Gasteiger partial charge < -0.3 is 14.1 Å². The number of aromatic nitrogens is 1. The molecule has 0 aliphatic rings. The van der Waals surface area contributed by atoms with E-state index in [9.17, 15) is 4.79 Å². The van der Waals surface area contributed by atoms with Crippen LogP contribution in [0.15, 0.2) is 77.2 Å². The number of methoxy groups -OCH3 is 1. The molecule has 1 aromatic heterocycles. The van der Waals surface area contributed by atoms with Gasteiger partial charge >= 0.3 is 0 Å². The van der Waals surface area contributed by atoms with Crippen LogP contribution in [-0.2, 0) is 17.9 Å². The number of aryl methyl sites for hydroxylation is 1. The summed E-state index contributed by atoms with van der Waals surface area (Å²) >= 11 is 0. The molecule has 0 N–H and O–H groups in total. The normalized spacial score (nSPS) is 12.0. The van der Waals surface area contributed by atoms with E-state index in [2.05, 4.69) is 4.98 Å². The Kier molecular flexibility index (Phi) is 6.55. The van der Waals surface area contributed by atoms with E-state index in [1.807, 2.05) is 91.5 Å². The fraction of sp³-hybridized carbons (Fsp3) is 0.259. The van der Waals surface area contributed by atoms with Crippen molar-refractivity contribution < 1.29 is 13.9 Å². The minimum Gasteiger partial charge on any atom is -0.497 e. The monoisotopic (exact) mass is 428 g/mol.